The summed E-state index contributed by atoms with van der Waals surface area (Å²) < 4.78 is 1.88. The van der Waals surface area contributed by atoms with Gasteiger partial charge in [-0.05, 0) is 57.7 Å². The van der Waals surface area contributed by atoms with Crippen LogP contribution in [0.2, 0.25) is 0 Å². The van der Waals surface area contributed by atoms with Crippen molar-refractivity contribution in [2.45, 2.75) is 12.8 Å². The molecule has 0 aromatic heterocycles. The van der Waals surface area contributed by atoms with Gasteiger partial charge in [-0.25, -0.2) is 0 Å². The lowest BCUT2D eigenvalue weighted by atomic mass is 9.80. The van der Waals surface area contributed by atoms with Crippen LogP contribution >= 0.6 is 31.9 Å². The molecule has 0 aliphatic carbocycles. The number of halogens is 2. The van der Waals surface area contributed by atoms with E-state index in [1.54, 1.807) is 0 Å². The average molecular weight is 697 g/mol. The van der Waals surface area contributed by atoms with Gasteiger partial charge in [-0.15, -0.1) is 0 Å². The van der Waals surface area contributed by atoms with E-state index in [1.807, 2.05) is 121 Å². The molecule has 1 saturated heterocycles. The van der Waals surface area contributed by atoms with Crippen LogP contribution in [-0.2, 0) is 14.4 Å². The number of ketones is 3. The lowest BCUT2D eigenvalue weighted by Crippen LogP contribution is -2.50. The van der Waals surface area contributed by atoms with Crippen LogP contribution in [0.15, 0.2) is 118 Å². The van der Waals surface area contributed by atoms with E-state index in [-0.39, 0.29) is 43.3 Å². The van der Waals surface area contributed by atoms with E-state index in [0.717, 1.165) is 42.3 Å². The number of piperidine rings is 1. The molecule has 0 saturated carbocycles. The molecular formula is C37H31Br2NO3. The Morgan fingerprint density at radius 1 is 0.628 bits per heavy atom. The van der Waals surface area contributed by atoms with E-state index in [1.165, 1.54) is 0 Å². The maximum absolute atomic E-state index is 13.7. The van der Waals surface area contributed by atoms with Gasteiger partial charge in [-0.2, -0.15) is 0 Å². The summed E-state index contributed by atoms with van der Waals surface area (Å²) >= 11 is 7.03. The van der Waals surface area contributed by atoms with Crippen molar-refractivity contribution in [1.29, 1.82) is 0 Å². The topological polar surface area (TPSA) is 63.2 Å². The first-order valence-corrected chi connectivity index (χ1v) is 15.8. The van der Waals surface area contributed by atoms with E-state index < -0.39 is 11.8 Å². The Morgan fingerprint density at radius 3 is 1.44 bits per heavy atom. The summed E-state index contributed by atoms with van der Waals surface area (Å²) in [6, 6.07) is 35.2. The normalized spacial score (nSPS) is 17.5. The molecule has 2 unspecified atom stereocenters. The van der Waals surface area contributed by atoms with Crippen molar-refractivity contribution >= 4 is 72.5 Å². The number of carbonyl (C=O) groups is 3. The third-order valence-electron chi connectivity index (χ3n) is 7.56. The smallest absolute Gasteiger partial charge is 0.156 e. The molecule has 6 heteroatoms. The van der Waals surface area contributed by atoms with Crippen molar-refractivity contribution < 1.29 is 14.4 Å². The zero-order chi connectivity index (χ0) is 30.2. The molecule has 1 N–H and O–H groups in total. The van der Waals surface area contributed by atoms with Gasteiger partial charge in [0.15, 0.2) is 5.78 Å². The van der Waals surface area contributed by atoms with Crippen molar-refractivity contribution in [3.05, 3.63) is 140 Å². The molecule has 1 aliphatic rings. The van der Waals surface area contributed by atoms with Crippen LogP contribution in [0.3, 0.4) is 0 Å². The standard InChI is InChI=1S/C37H31Br2NO3/c38-31-15-7-9-25(19-31)17-29(27-11-3-1-4-12-27)21-35(41)33-23-40-24-34(37(33)43)36(42)22-30(28-13-5-2-6-14-28)18-26-10-8-16-32(39)20-26/h1-20,33-34,40H,21-24H2. The Balaban J connectivity index is 1.36. The molecule has 1 heterocycles. The number of benzene rings is 4. The quantitative estimate of drug-likeness (QED) is 0.134. The highest BCUT2D eigenvalue weighted by Crippen LogP contribution is 2.29. The highest BCUT2D eigenvalue weighted by molar-refractivity contribution is 9.10. The van der Waals surface area contributed by atoms with Crippen LogP contribution in [0.4, 0.5) is 0 Å². The zero-order valence-corrected chi connectivity index (χ0v) is 26.7. The van der Waals surface area contributed by atoms with E-state index >= 15 is 0 Å². The molecule has 4 aromatic carbocycles. The Hall–Kier alpha value is -3.71. The molecule has 2 atom stereocenters. The summed E-state index contributed by atoms with van der Waals surface area (Å²) in [4.78, 5) is 41.1. The molecule has 0 amide bonds. The van der Waals surface area contributed by atoms with Crippen molar-refractivity contribution in [3.63, 3.8) is 0 Å². The molecule has 43 heavy (non-hydrogen) atoms. The summed E-state index contributed by atoms with van der Waals surface area (Å²) in [7, 11) is 0. The number of carbonyl (C=O) groups excluding carboxylic acids is 3. The van der Waals surface area contributed by atoms with Gasteiger partial charge in [0, 0.05) is 34.9 Å². The van der Waals surface area contributed by atoms with Crippen LogP contribution in [0.25, 0.3) is 23.3 Å². The lowest BCUT2D eigenvalue weighted by Gasteiger charge is -2.28. The van der Waals surface area contributed by atoms with E-state index in [4.69, 9.17) is 0 Å². The molecule has 0 bridgehead atoms. The largest absolute Gasteiger partial charge is 0.314 e. The fourth-order valence-electron chi connectivity index (χ4n) is 5.36. The van der Waals surface area contributed by atoms with Gasteiger partial charge in [0.25, 0.3) is 0 Å². The molecule has 4 aromatic rings. The van der Waals surface area contributed by atoms with Gasteiger partial charge in [0.2, 0.25) is 0 Å². The Labute approximate surface area is 269 Å². The predicted octanol–water partition coefficient (Wildman–Crippen LogP) is 8.32. The SMILES string of the molecule is O=C(CC(=Cc1cccc(Br)c1)c1ccccc1)C1CNCC(C(=O)CC(=Cc2cccc(Br)c2)c2ccccc2)C1=O. The van der Waals surface area contributed by atoms with E-state index in [9.17, 15) is 14.4 Å². The van der Waals surface area contributed by atoms with Crippen LogP contribution in [0.5, 0.6) is 0 Å². The number of rotatable bonds is 10. The molecule has 0 radical (unpaired) electrons. The van der Waals surface area contributed by atoms with Gasteiger partial charge >= 0.3 is 0 Å². The van der Waals surface area contributed by atoms with Crippen LogP contribution in [-0.4, -0.2) is 30.4 Å². The first-order valence-electron chi connectivity index (χ1n) is 14.2. The van der Waals surface area contributed by atoms with Crippen molar-refractivity contribution in [3.8, 4) is 0 Å². The van der Waals surface area contributed by atoms with Gasteiger partial charge in [0.05, 0.1) is 11.8 Å². The number of hydrogen-bond donors (Lipinski definition) is 1. The molecule has 0 spiro atoms. The molecule has 1 fully saturated rings. The average Bonchev–Trinajstić information content (AvgIpc) is 3.01. The van der Waals surface area contributed by atoms with Gasteiger partial charge in [-0.3, -0.25) is 14.4 Å². The minimum absolute atomic E-state index is 0.0909. The Kier molecular flexibility index (Phi) is 10.5. The van der Waals surface area contributed by atoms with Gasteiger partial charge < -0.3 is 5.32 Å². The van der Waals surface area contributed by atoms with E-state index in [0.29, 0.717) is 0 Å². The maximum atomic E-state index is 13.7. The van der Waals surface area contributed by atoms with Crippen molar-refractivity contribution in [2.24, 2.45) is 11.8 Å². The van der Waals surface area contributed by atoms with Crippen molar-refractivity contribution in [1.82, 2.24) is 5.32 Å². The monoisotopic (exact) mass is 695 g/mol. The minimum atomic E-state index is -0.883. The van der Waals surface area contributed by atoms with Gasteiger partial charge in [-0.1, -0.05) is 129 Å². The zero-order valence-electron chi connectivity index (χ0n) is 23.5. The summed E-state index contributed by atoms with van der Waals surface area (Å²) in [6.45, 7) is 0.472. The predicted molar refractivity (Wildman–Crippen MR) is 181 cm³/mol. The van der Waals surface area contributed by atoms with Crippen LogP contribution in [0, 0.1) is 11.8 Å². The lowest BCUT2D eigenvalue weighted by molar-refractivity contribution is -0.139. The molecule has 1 aliphatic heterocycles. The summed E-state index contributed by atoms with van der Waals surface area (Å²) in [5, 5.41) is 3.20. The fourth-order valence-corrected chi connectivity index (χ4v) is 6.19. The van der Waals surface area contributed by atoms with Crippen molar-refractivity contribution in [2.75, 3.05) is 13.1 Å². The number of Topliss-reactive ketones (excluding diaryl/α,β-unsaturated/α-hetero) is 3. The van der Waals surface area contributed by atoms with Crippen LogP contribution in [0.1, 0.15) is 35.1 Å². The molecule has 216 valence electrons. The fraction of sp³-hybridized carbons (Fsp3) is 0.162. The highest BCUT2D eigenvalue weighted by Gasteiger charge is 2.39. The first kappa shape index (κ1) is 30.7. The Bertz CT molecular complexity index is 1560. The number of allylic oxidation sites excluding steroid dienone is 2. The summed E-state index contributed by atoms with van der Waals surface area (Å²) in [5.41, 5.74) is 5.40. The minimum Gasteiger partial charge on any atom is -0.314 e. The van der Waals surface area contributed by atoms with Crippen LogP contribution < -0.4 is 5.32 Å². The maximum Gasteiger partial charge on any atom is 0.156 e. The summed E-state index contributed by atoms with van der Waals surface area (Å²) in [6.07, 6.45) is 4.15. The molecule has 4 nitrogen and oxygen atoms in total. The number of hydrogen-bond acceptors (Lipinski definition) is 4. The number of nitrogens with one attached hydrogen (secondary N) is 1. The van der Waals surface area contributed by atoms with Gasteiger partial charge in [0.1, 0.15) is 11.6 Å². The second-order valence-corrected chi connectivity index (χ2v) is 12.5. The molecular weight excluding hydrogens is 666 g/mol. The summed E-state index contributed by atoms with van der Waals surface area (Å²) in [5.74, 6) is -2.43. The Morgan fingerprint density at radius 2 is 1.05 bits per heavy atom. The molecule has 5 rings (SSSR count). The van der Waals surface area contributed by atoms with E-state index in [2.05, 4.69) is 37.2 Å². The highest BCUT2D eigenvalue weighted by atomic mass is 79.9. The second-order valence-electron chi connectivity index (χ2n) is 10.6. The first-order chi connectivity index (χ1) is 20.9. The third-order valence-corrected chi connectivity index (χ3v) is 8.55. The third kappa shape index (κ3) is 8.23. The second kappa shape index (κ2) is 14.6.